The summed E-state index contributed by atoms with van der Waals surface area (Å²) in [4.78, 5) is 34.5. The molecular formula is C22H23N5O3S. The molecular weight excluding hydrogens is 414 g/mol. The Bertz CT molecular complexity index is 1080. The van der Waals surface area contributed by atoms with E-state index in [1.807, 2.05) is 46.5 Å². The van der Waals surface area contributed by atoms with Gasteiger partial charge in [0.15, 0.2) is 5.13 Å². The Morgan fingerprint density at radius 3 is 2.97 bits per heavy atom. The van der Waals surface area contributed by atoms with E-state index in [9.17, 15) is 9.59 Å². The molecule has 1 saturated heterocycles. The highest BCUT2D eigenvalue weighted by Gasteiger charge is 2.20. The lowest BCUT2D eigenvalue weighted by molar-refractivity contribution is -0.134. The van der Waals surface area contributed by atoms with Crippen LogP contribution in [0, 0.1) is 0 Å². The average molecular weight is 438 g/mol. The molecule has 0 aromatic carbocycles. The Morgan fingerprint density at radius 1 is 1.32 bits per heavy atom. The maximum absolute atomic E-state index is 12.7. The molecule has 3 aromatic rings. The van der Waals surface area contributed by atoms with Crippen LogP contribution in [0.1, 0.15) is 28.7 Å². The predicted octanol–water partition coefficient (Wildman–Crippen LogP) is 2.90. The average Bonchev–Trinajstić information content (AvgIpc) is 3.42. The number of amides is 2. The van der Waals surface area contributed by atoms with E-state index in [1.165, 1.54) is 11.3 Å². The fourth-order valence-corrected chi connectivity index (χ4v) is 3.98. The molecule has 0 radical (unpaired) electrons. The van der Waals surface area contributed by atoms with Crippen molar-refractivity contribution in [2.45, 2.75) is 19.6 Å². The van der Waals surface area contributed by atoms with E-state index in [2.05, 4.69) is 15.3 Å². The first kappa shape index (κ1) is 21.0. The molecule has 0 spiro atoms. The zero-order valence-corrected chi connectivity index (χ0v) is 17.9. The molecule has 1 N–H and O–H groups in total. The number of anilines is 1. The second kappa shape index (κ2) is 9.67. The number of nitrogens with one attached hydrogen (secondary N) is 1. The number of morpholine rings is 1. The first-order chi connectivity index (χ1) is 15.1. The minimum atomic E-state index is -0.211. The summed E-state index contributed by atoms with van der Waals surface area (Å²) < 4.78 is 7.57. The Labute approximate surface area is 184 Å². The molecule has 8 nitrogen and oxygen atoms in total. The molecule has 4 rings (SSSR count). The lowest BCUT2D eigenvalue weighted by Gasteiger charge is -2.30. The number of rotatable bonds is 6. The van der Waals surface area contributed by atoms with Gasteiger partial charge in [-0.2, -0.15) is 0 Å². The van der Waals surface area contributed by atoms with Crippen LogP contribution in [0.4, 0.5) is 5.13 Å². The van der Waals surface area contributed by atoms with Crippen molar-refractivity contribution < 1.29 is 14.3 Å². The standard InChI is InChI=1S/C22H23N5O3S/c1-16(28)26-11-12-30-19(14-26)5-4-18-15-31-22(24-18)25-21(29)20-3-2-10-27(20)13-17-6-8-23-9-7-17/h2-10,15,19H,11-14H2,1H3,(H,24,25,29). The molecule has 3 aromatic heterocycles. The van der Waals surface area contributed by atoms with E-state index in [-0.39, 0.29) is 17.9 Å². The van der Waals surface area contributed by atoms with Gasteiger partial charge in [-0.1, -0.05) is 6.08 Å². The molecule has 0 saturated carbocycles. The summed E-state index contributed by atoms with van der Waals surface area (Å²) in [7, 11) is 0. The fraction of sp³-hybridized carbons (Fsp3) is 0.273. The van der Waals surface area contributed by atoms with Crippen molar-refractivity contribution in [3.05, 3.63) is 71.3 Å². The Balaban J connectivity index is 1.37. The normalized spacial score (nSPS) is 16.5. The molecule has 4 heterocycles. The second-order valence-electron chi connectivity index (χ2n) is 7.14. The molecule has 1 aliphatic rings. The zero-order valence-electron chi connectivity index (χ0n) is 17.1. The molecule has 9 heteroatoms. The van der Waals surface area contributed by atoms with Crippen LogP contribution in [0.2, 0.25) is 0 Å². The first-order valence-corrected chi connectivity index (χ1v) is 10.8. The fourth-order valence-electron chi connectivity index (χ4n) is 3.31. The summed E-state index contributed by atoms with van der Waals surface area (Å²) >= 11 is 1.36. The van der Waals surface area contributed by atoms with E-state index < -0.39 is 0 Å². The number of carbonyl (C=O) groups is 2. The number of hydrogen-bond acceptors (Lipinski definition) is 6. The van der Waals surface area contributed by atoms with Crippen LogP contribution in [-0.2, 0) is 16.1 Å². The van der Waals surface area contributed by atoms with Crippen LogP contribution in [0.3, 0.4) is 0 Å². The number of carbonyl (C=O) groups excluding carboxylic acids is 2. The van der Waals surface area contributed by atoms with Crippen LogP contribution in [0.15, 0.2) is 54.3 Å². The third-order valence-corrected chi connectivity index (χ3v) is 5.70. The summed E-state index contributed by atoms with van der Waals surface area (Å²) in [6.45, 7) is 3.83. The van der Waals surface area contributed by atoms with Gasteiger partial charge in [-0.25, -0.2) is 4.98 Å². The SMILES string of the molecule is CC(=O)N1CCOC(C=Cc2csc(NC(=O)c3cccn3Cc3ccncc3)n2)C1. The van der Waals surface area contributed by atoms with Crippen LogP contribution >= 0.6 is 11.3 Å². The van der Waals surface area contributed by atoms with Crippen molar-refractivity contribution in [3.8, 4) is 0 Å². The van der Waals surface area contributed by atoms with Crippen molar-refractivity contribution in [1.29, 1.82) is 0 Å². The van der Waals surface area contributed by atoms with Crippen molar-refractivity contribution in [3.63, 3.8) is 0 Å². The van der Waals surface area contributed by atoms with E-state index in [1.54, 1.807) is 30.3 Å². The number of hydrogen-bond donors (Lipinski definition) is 1. The van der Waals surface area contributed by atoms with Gasteiger partial charge in [0.25, 0.3) is 5.91 Å². The molecule has 1 unspecified atom stereocenters. The predicted molar refractivity (Wildman–Crippen MR) is 119 cm³/mol. The van der Waals surface area contributed by atoms with Gasteiger partial charge >= 0.3 is 0 Å². The molecule has 0 aliphatic carbocycles. The molecule has 31 heavy (non-hydrogen) atoms. The van der Waals surface area contributed by atoms with E-state index in [0.717, 1.165) is 11.3 Å². The maximum atomic E-state index is 12.7. The molecule has 0 bridgehead atoms. The van der Waals surface area contributed by atoms with Gasteiger partial charge in [-0.15, -0.1) is 11.3 Å². The van der Waals surface area contributed by atoms with Crippen molar-refractivity contribution >= 4 is 34.4 Å². The van der Waals surface area contributed by atoms with Crippen molar-refractivity contribution in [2.24, 2.45) is 0 Å². The number of nitrogens with zero attached hydrogens (tertiary/aromatic N) is 4. The highest BCUT2D eigenvalue weighted by Crippen LogP contribution is 2.19. The maximum Gasteiger partial charge on any atom is 0.274 e. The quantitative estimate of drug-likeness (QED) is 0.641. The van der Waals surface area contributed by atoms with Gasteiger partial charge in [-0.3, -0.25) is 19.9 Å². The molecule has 160 valence electrons. The largest absolute Gasteiger partial charge is 0.370 e. The molecule has 1 fully saturated rings. The third-order valence-electron chi connectivity index (χ3n) is 4.93. The van der Waals surface area contributed by atoms with Crippen molar-refractivity contribution in [2.75, 3.05) is 25.0 Å². The number of pyridine rings is 1. The van der Waals surface area contributed by atoms with E-state index in [4.69, 9.17) is 4.74 Å². The number of thiazole rings is 1. The summed E-state index contributed by atoms with van der Waals surface area (Å²) in [5.74, 6) is -0.161. The monoisotopic (exact) mass is 437 g/mol. The molecule has 1 atom stereocenters. The number of ether oxygens (including phenoxy) is 1. The number of aromatic nitrogens is 3. The van der Waals surface area contributed by atoms with E-state index >= 15 is 0 Å². The van der Waals surface area contributed by atoms with Gasteiger partial charge in [0.1, 0.15) is 5.69 Å². The van der Waals surface area contributed by atoms with Gasteiger partial charge in [0.05, 0.1) is 24.9 Å². The highest BCUT2D eigenvalue weighted by molar-refractivity contribution is 7.14. The minimum absolute atomic E-state index is 0.0500. The Hall–Kier alpha value is -3.30. The topological polar surface area (TPSA) is 89.4 Å². The third kappa shape index (κ3) is 5.44. The molecule has 1 aliphatic heterocycles. The Kier molecular flexibility index (Phi) is 6.54. The summed E-state index contributed by atoms with van der Waals surface area (Å²) in [6, 6.07) is 7.48. The van der Waals surface area contributed by atoms with Gasteiger partial charge in [-0.05, 0) is 35.9 Å². The first-order valence-electron chi connectivity index (χ1n) is 9.95. The summed E-state index contributed by atoms with van der Waals surface area (Å²) in [6.07, 6.45) is 8.94. The van der Waals surface area contributed by atoms with Crippen LogP contribution < -0.4 is 5.32 Å². The van der Waals surface area contributed by atoms with Gasteiger partial charge < -0.3 is 14.2 Å². The van der Waals surface area contributed by atoms with E-state index in [0.29, 0.717) is 37.1 Å². The summed E-state index contributed by atoms with van der Waals surface area (Å²) in [5, 5.41) is 5.26. The van der Waals surface area contributed by atoms with Gasteiger partial charge in [0.2, 0.25) is 5.91 Å². The van der Waals surface area contributed by atoms with Crippen molar-refractivity contribution in [1.82, 2.24) is 19.4 Å². The Morgan fingerprint density at radius 2 is 2.16 bits per heavy atom. The zero-order chi connectivity index (χ0) is 21.6. The van der Waals surface area contributed by atoms with Gasteiger partial charge in [0, 0.05) is 44.0 Å². The summed E-state index contributed by atoms with van der Waals surface area (Å²) in [5.41, 5.74) is 2.36. The van der Waals surface area contributed by atoms with Crippen LogP contribution in [0.25, 0.3) is 6.08 Å². The second-order valence-corrected chi connectivity index (χ2v) is 8.00. The molecule has 2 amide bonds. The smallest absolute Gasteiger partial charge is 0.274 e. The van der Waals surface area contributed by atoms with Crippen LogP contribution in [-0.4, -0.2) is 57.0 Å². The lowest BCUT2D eigenvalue weighted by Crippen LogP contribution is -2.43. The highest BCUT2D eigenvalue weighted by atomic mass is 32.1. The minimum Gasteiger partial charge on any atom is -0.370 e. The van der Waals surface area contributed by atoms with Crippen LogP contribution in [0.5, 0.6) is 0 Å². The lowest BCUT2D eigenvalue weighted by atomic mass is 10.2.